The standard InChI is InChI=1S/C14H14N2O4/c1-9(11-8-15-5-6-16-11)20-12-4-3-10(14(17)18)7-13(12)19-2/h3-9H,1-2H3,(H,17,18). The van der Waals surface area contributed by atoms with Gasteiger partial charge in [0.1, 0.15) is 6.10 Å². The second-order valence-corrected chi connectivity index (χ2v) is 4.06. The van der Waals surface area contributed by atoms with Crippen LogP contribution in [0.15, 0.2) is 36.8 Å². The minimum absolute atomic E-state index is 0.140. The molecule has 0 fully saturated rings. The lowest BCUT2D eigenvalue weighted by Gasteiger charge is -2.16. The molecule has 104 valence electrons. The third kappa shape index (κ3) is 3.03. The van der Waals surface area contributed by atoms with Gasteiger partial charge in [-0.3, -0.25) is 9.97 Å². The Balaban J connectivity index is 2.23. The van der Waals surface area contributed by atoms with E-state index in [2.05, 4.69) is 9.97 Å². The molecule has 1 atom stereocenters. The third-order valence-corrected chi connectivity index (χ3v) is 2.71. The summed E-state index contributed by atoms with van der Waals surface area (Å²) in [6.45, 7) is 1.83. The molecule has 1 heterocycles. The van der Waals surface area contributed by atoms with Crippen LogP contribution in [0.1, 0.15) is 29.1 Å². The highest BCUT2D eigenvalue weighted by molar-refractivity contribution is 5.88. The van der Waals surface area contributed by atoms with Crippen LogP contribution in [0.25, 0.3) is 0 Å². The molecule has 1 unspecified atom stereocenters. The zero-order valence-electron chi connectivity index (χ0n) is 11.1. The van der Waals surface area contributed by atoms with Crippen LogP contribution >= 0.6 is 0 Å². The van der Waals surface area contributed by atoms with Crippen molar-refractivity contribution in [2.45, 2.75) is 13.0 Å². The van der Waals surface area contributed by atoms with Gasteiger partial charge in [-0.15, -0.1) is 0 Å². The molecule has 6 heteroatoms. The monoisotopic (exact) mass is 274 g/mol. The summed E-state index contributed by atoms with van der Waals surface area (Å²) in [6, 6.07) is 4.44. The van der Waals surface area contributed by atoms with Crippen molar-refractivity contribution in [2.75, 3.05) is 7.11 Å². The predicted molar refractivity (Wildman–Crippen MR) is 71.0 cm³/mol. The Kier molecular flexibility index (Phi) is 4.14. The highest BCUT2D eigenvalue weighted by Gasteiger charge is 2.14. The normalized spacial score (nSPS) is 11.7. The molecule has 0 aliphatic heterocycles. The average molecular weight is 274 g/mol. The molecule has 2 rings (SSSR count). The van der Waals surface area contributed by atoms with Crippen LogP contribution in [0.3, 0.4) is 0 Å². The van der Waals surface area contributed by atoms with Gasteiger partial charge in [0.15, 0.2) is 11.5 Å². The number of hydrogen-bond donors (Lipinski definition) is 1. The average Bonchev–Trinajstić information content (AvgIpc) is 2.48. The van der Waals surface area contributed by atoms with Crippen LogP contribution in [0.2, 0.25) is 0 Å². The molecule has 1 aromatic heterocycles. The zero-order valence-corrected chi connectivity index (χ0v) is 11.1. The number of ether oxygens (including phenoxy) is 2. The van der Waals surface area contributed by atoms with Gasteiger partial charge in [-0.05, 0) is 25.1 Å². The first kappa shape index (κ1) is 13.8. The predicted octanol–water partition coefficient (Wildman–Crippen LogP) is 2.32. The van der Waals surface area contributed by atoms with Gasteiger partial charge in [-0.25, -0.2) is 4.79 Å². The van der Waals surface area contributed by atoms with Crippen LogP contribution in [0.4, 0.5) is 0 Å². The van der Waals surface area contributed by atoms with E-state index >= 15 is 0 Å². The molecule has 0 amide bonds. The number of aromatic carboxylic acids is 1. The SMILES string of the molecule is COc1cc(C(=O)O)ccc1OC(C)c1cnccn1. The highest BCUT2D eigenvalue weighted by atomic mass is 16.5. The summed E-state index contributed by atoms with van der Waals surface area (Å²) >= 11 is 0. The molecule has 0 spiro atoms. The molecular formula is C14H14N2O4. The number of carboxylic acid groups (broad SMARTS) is 1. The first-order valence-corrected chi connectivity index (χ1v) is 5.95. The van der Waals surface area contributed by atoms with E-state index < -0.39 is 5.97 Å². The second-order valence-electron chi connectivity index (χ2n) is 4.06. The summed E-state index contributed by atoms with van der Waals surface area (Å²) in [5.74, 6) is -0.201. The fraction of sp³-hybridized carbons (Fsp3) is 0.214. The van der Waals surface area contributed by atoms with E-state index in [1.54, 1.807) is 24.7 Å². The van der Waals surface area contributed by atoms with Crippen LogP contribution in [-0.4, -0.2) is 28.2 Å². The summed E-state index contributed by atoms with van der Waals surface area (Å²) in [4.78, 5) is 19.0. The maximum absolute atomic E-state index is 10.9. The number of rotatable bonds is 5. The van der Waals surface area contributed by atoms with Gasteiger partial charge in [0.2, 0.25) is 0 Å². The van der Waals surface area contributed by atoms with Gasteiger partial charge in [0.25, 0.3) is 0 Å². The number of nitrogens with zero attached hydrogens (tertiary/aromatic N) is 2. The minimum atomic E-state index is -1.02. The van der Waals surface area contributed by atoms with E-state index in [0.717, 1.165) is 0 Å². The number of benzene rings is 1. The minimum Gasteiger partial charge on any atom is -0.493 e. The molecule has 0 radical (unpaired) electrons. The molecule has 1 aromatic carbocycles. The van der Waals surface area contributed by atoms with Crippen molar-refractivity contribution in [3.8, 4) is 11.5 Å². The number of carbonyl (C=O) groups is 1. The second kappa shape index (κ2) is 6.01. The Morgan fingerprint density at radius 1 is 1.30 bits per heavy atom. The van der Waals surface area contributed by atoms with E-state index in [0.29, 0.717) is 17.2 Å². The van der Waals surface area contributed by atoms with Gasteiger partial charge in [0, 0.05) is 12.4 Å². The number of aromatic nitrogens is 2. The van der Waals surface area contributed by atoms with Crippen molar-refractivity contribution in [1.82, 2.24) is 9.97 Å². The smallest absolute Gasteiger partial charge is 0.335 e. The molecule has 0 aliphatic carbocycles. The van der Waals surface area contributed by atoms with Gasteiger partial charge in [0.05, 0.1) is 24.6 Å². The Morgan fingerprint density at radius 3 is 2.70 bits per heavy atom. The van der Waals surface area contributed by atoms with Gasteiger partial charge < -0.3 is 14.6 Å². The first-order valence-electron chi connectivity index (χ1n) is 5.95. The molecule has 0 saturated heterocycles. The van der Waals surface area contributed by atoms with Crippen molar-refractivity contribution in [3.05, 3.63) is 48.0 Å². The van der Waals surface area contributed by atoms with Gasteiger partial charge in [-0.2, -0.15) is 0 Å². The zero-order chi connectivity index (χ0) is 14.5. The lowest BCUT2D eigenvalue weighted by molar-refractivity contribution is 0.0696. The van der Waals surface area contributed by atoms with Gasteiger partial charge >= 0.3 is 5.97 Å². The fourth-order valence-electron chi connectivity index (χ4n) is 1.67. The van der Waals surface area contributed by atoms with Crippen molar-refractivity contribution in [2.24, 2.45) is 0 Å². The van der Waals surface area contributed by atoms with E-state index in [4.69, 9.17) is 14.6 Å². The molecule has 1 N–H and O–H groups in total. The maximum atomic E-state index is 10.9. The van der Waals surface area contributed by atoms with Crippen molar-refractivity contribution in [3.63, 3.8) is 0 Å². The lowest BCUT2D eigenvalue weighted by atomic mass is 10.2. The number of hydrogen-bond acceptors (Lipinski definition) is 5. The van der Waals surface area contributed by atoms with Crippen molar-refractivity contribution >= 4 is 5.97 Å². The van der Waals surface area contributed by atoms with Crippen LogP contribution in [0.5, 0.6) is 11.5 Å². The van der Waals surface area contributed by atoms with Crippen LogP contribution < -0.4 is 9.47 Å². The van der Waals surface area contributed by atoms with Crippen LogP contribution in [-0.2, 0) is 0 Å². The first-order chi connectivity index (χ1) is 9.61. The quantitative estimate of drug-likeness (QED) is 0.901. The Labute approximate surface area is 116 Å². The fourth-order valence-corrected chi connectivity index (χ4v) is 1.67. The van der Waals surface area contributed by atoms with E-state index in [1.807, 2.05) is 6.92 Å². The number of carboxylic acids is 1. The third-order valence-electron chi connectivity index (χ3n) is 2.71. The molecule has 6 nitrogen and oxygen atoms in total. The summed E-state index contributed by atoms with van der Waals surface area (Å²) in [5, 5.41) is 8.94. The highest BCUT2D eigenvalue weighted by Crippen LogP contribution is 2.31. The Hall–Kier alpha value is -2.63. The molecular weight excluding hydrogens is 260 g/mol. The maximum Gasteiger partial charge on any atom is 0.335 e. The molecule has 0 saturated carbocycles. The molecule has 0 aliphatic rings. The van der Waals surface area contributed by atoms with Crippen molar-refractivity contribution in [1.29, 1.82) is 0 Å². The summed E-state index contributed by atoms with van der Waals surface area (Å²) < 4.78 is 10.9. The van der Waals surface area contributed by atoms with E-state index in [9.17, 15) is 4.79 Å². The summed E-state index contributed by atoms with van der Waals surface area (Å²) in [5.41, 5.74) is 0.818. The summed E-state index contributed by atoms with van der Waals surface area (Å²) in [7, 11) is 1.46. The topological polar surface area (TPSA) is 81.5 Å². The molecule has 20 heavy (non-hydrogen) atoms. The van der Waals surface area contributed by atoms with E-state index in [-0.39, 0.29) is 11.7 Å². The molecule has 2 aromatic rings. The Morgan fingerprint density at radius 2 is 2.10 bits per heavy atom. The Bertz CT molecular complexity index is 601. The van der Waals surface area contributed by atoms with Crippen molar-refractivity contribution < 1.29 is 19.4 Å². The molecule has 0 bridgehead atoms. The number of methoxy groups -OCH3 is 1. The lowest BCUT2D eigenvalue weighted by Crippen LogP contribution is -2.07. The van der Waals surface area contributed by atoms with Gasteiger partial charge in [-0.1, -0.05) is 0 Å². The largest absolute Gasteiger partial charge is 0.493 e. The van der Waals surface area contributed by atoms with E-state index in [1.165, 1.54) is 19.2 Å². The summed E-state index contributed by atoms with van der Waals surface area (Å²) in [6.07, 6.45) is 4.45. The van der Waals surface area contributed by atoms with Crippen LogP contribution in [0, 0.1) is 0 Å².